The third kappa shape index (κ3) is 15.5. The number of carboxylic acid groups (broad SMARTS) is 1. The van der Waals surface area contributed by atoms with Crippen LogP contribution < -0.4 is 32.3 Å². The number of aliphatic hydroxyl groups is 1. The zero-order valence-electron chi connectivity index (χ0n) is 19.0. The van der Waals surface area contributed by atoms with E-state index in [4.69, 9.17) is 10.8 Å². The smallest absolute Gasteiger partial charge is 0.322 e. The zero-order valence-corrected chi connectivity index (χ0v) is 19.9. The number of amides is 5. The van der Waals surface area contributed by atoms with Crippen molar-refractivity contribution in [2.75, 3.05) is 26.0 Å². The first kappa shape index (κ1) is 32.3. The van der Waals surface area contributed by atoms with Crippen LogP contribution in [0.3, 0.4) is 0 Å². The molecule has 0 radical (unpaired) electrons. The second-order valence-electron chi connectivity index (χ2n) is 6.91. The number of aliphatic hydroxyl groups excluding tert-OH is 1. The Hall–Kier alpha value is -2.91. The zero-order chi connectivity index (χ0) is 26.1. The maximum absolute atomic E-state index is 12.3. The summed E-state index contributed by atoms with van der Waals surface area (Å²) in [6, 6.07) is -3.98. The highest BCUT2D eigenvalue weighted by atomic mass is 32.1. The molecule has 0 bridgehead atoms. The summed E-state index contributed by atoms with van der Waals surface area (Å²) in [5, 5.41) is 29.5. The summed E-state index contributed by atoms with van der Waals surface area (Å²) in [5.74, 6) is -5.49. The number of aliphatic carboxylic acids is 1. The number of nitrogens with two attached hydrogens (primary N) is 1. The Morgan fingerprint density at radius 3 is 1.88 bits per heavy atom. The second kappa shape index (κ2) is 17.6. The molecular weight excluding hydrogens is 460 g/mol. The number of carbonyl (C=O) groups is 6. The highest BCUT2D eigenvalue weighted by Gasteiger charge is 2.28. The van der Waals surface area contributed by atoms with E-state index in [1.165, 1.54) is 6.92 Å². The van der Waals surface area contributed by atoms with Crippen molar-refractivity contribution in [2.24, 2.45) is 5.73 Å². The van der Waals surface area contributed by atoms with Crippen molar-refractivity contribution in [3.63, 3.8) is 0 Å². The van der Waals surface area contributed by atoms with Gasteiger partial charge in [-0.25, -0.2) is 0 Å². The van der Waals surface area contributed by atoms with E-state index in [2.05, 4.69) is 33.9 Å². The lowest BCUT2D eigenvalue weighted by Crippen LogP contribution is -2.57. The van der Waals surface area contributed by atoms with Crippen LogP contribution in [0.1, 0.15) is 27.2 Å². The summed E-state index contributed by atoms with van der Waals surface area (Å²) in [6.07, 6.45) is 1.09. The molecule has 14 nitrogen and oxygen atoms in total. The molecular formula is C18H34N6O8S. The van der Waals surface area contributed by atoms with Gasteiger partial charge in [0.15, 0.2) is 0 Å². The molecule has 33 heavy (non-hydrogen) atoms. The maximum atomic E-state index is 12.3. The van der Waals surface area contributed by atoms with Gasteiger partial charge in [0, 0.05) is 6.04 Å². The van der Waals surface area contributed by atoms with Crippen molar-refractivity contribution in [3.8, 4) is 0 Å². The molecule has 0 aromatic rings. The third-order valence-electron chi connectivity index (χ3n) is 3.71. The number of nitrogens with one attached hydrogen (secondary N) is 5. The lowest BCUT2D eigenvalue weighted by Gasteiger charge is -2.22. The number of hydrogen-bond acceptors (Lipinski definition) is 9. The number of carbonyl (C=O) groups excluding carboxylic acids is 5. The number of thiol groups is 1. The monoisotopic (exact) mass is 494 g/mol. The molecule has 5 amide bonds. The van der Waals surface area contributed by atoms with Gasteiger partial charge in [-0.05, 0) is 13.2 Å². The molecule has 0 saturated heterocycles. The Labute approximate surface area is 197 Å². The molecule has 0 aromatic carbocycles. The Bertz CT molecular complexity index is 691. The fourth-order valence-electron chi connectivity index (χ4n) is 2.11. The Morgan fingerprint density at radius 2 is 1.42 bits per heavy atom. The largest absolute Gasteiger partial charge is 0.480 e. The summed E-state index contributed by atoms with van der Waals surface area (Å²) in [5.41, 5.74) is 5.04. The molecule has 0 heterocycles. The molecule has 3 atom stereocenters. The molecule has 190 valence electrons. The SMILES string of the molecule is CC(C)NCC(=O)N[C@@H](CO)C(=O)N[C@@H](C)C(=O)N[C@@H](CC(N)=O)C(=O)NCC(=O)O.CS. The van der Waals surface area contributed by atoms with Gasteiger partial charge in [0.2, 0.25) is 29.5 Å². The topological polar surface area (TPSA) is 229 Å². The van der Waals surface area contributed by atoms with Crippen LogP contribution in [0.15, 0.2) is 0 Å². The van der Waals surface area contributed by atoms with Gasteiger partial charge in [-0.1, -0.05) is 13.8 Å². The van der Waals surface area contributed by atoms with Gasteiger partial charge >= 0.3 is 5.97 Å². The van der Waals surface area contributed by atoms with E-state index in [9.17, 15) is 33.9 Å². The van der Waals surface area contributed by atoms with Gasteiger partial charge in [-0.3, -0.25) is 28.8 Å². The predicted octanol–water partition coefficient (Wildman–Crippen LogP) is -3.93. The lowest BCUT2D eigenvalue weighted by molar-refractivity contribution is -0.138. The van der Waals surface area contributed by atoms with Gasteiger partial charge < -0.3 is 42.5 Å². The van der Waals surface area contributed by atoms with Crippen LogP contribution >= 0.6 is 12.6 Å². The quantitative estimate of drug-likeness (QED) is 0.107. The number of rotatable bonds is 14. The van der Waals surface area contributed by atoms with E-state index in [1.807, 2.05) is 19.2 Å². The fourth-order valence-corrected chi connectivity index (χ4v) is 2.11. The Morgan fingerprint density at radius 1 is 0.848 bits per heavy atom. The van der Waals surface area contributed by atoms with E-state index in [0.717, 1.165) is 0 Å². The van der Waals surface area contributed by atoms with E-state index < -0.39 is 73.2 Å². The van der Waals surface area contributed by atoms with Crippen molar-refractivity contribution in [2.45, 2.75) is 51.4 Å². The molecule has 0 fully saturated rings. The molecule has 0 aromatic heterocycles. The highest BCUT2D eigenvalue weighted by molar-refractivity contribution is 7.79. The second-order valence-corrected chi connectivity index (χ2v) is 6.91. The average molecular weight is 495 g/mol. The minimum absolute atomic E-state index is 0.0249. The lowest BCUT2D eigenvalue weighted by atomic mass is 10.1. The fraction of sp³-hybridized carbons (Fsp3) is 0.667. The van der Waals surface area contributed by atoms with Crippen molar-refractivity contribution in [3.05, 3.63) is 0 Å². The van der Waals surface area contributed by atoms with Gasteiger partial charge in [-0.15, -0.1) is 0 Å². The summed E-state index contributed by atoms with van der Waals surface area (Å²) in [7, 11) is 0. The highest BCUT2D eigenvalue weighted by Crippen LogP contribution is 1.95. The van der Waals surface area contributed by atoms with Crippen LogP contribution in [0.25, 0.3) is 0 Å². The van der Waals surface area contributed by atoms with Crippen molar-refractivity contribution < 1.29 is 39.0 Å². The number of hydrogen-bond donors (Lipinski definition) is 9. The number of primary amides is 1. The van der Waals surface area contributed by atoms with Crippen LogP contribution in [-0.2, 0) is 28.8 Å². The standard InChI is InChI=1S/C17H30N6O8.CH4S/c1-8(2)19-5-13(26)22-11(7-24)17(31)21-9(3)15(29)23-10(4-12(18)25)16(30)20-6-14(27)28;1-2/h8-11,19,24H,4-7H2,1-3H3,(H2,18,25)(H,20,30)(H,21,31)(H,22,26)(H,23,29)(H,27,28);2H,1H3/t9-,10-,11-;/m0./s1. The van der Waals surface area contributed by atoms with Crippen molar-refractivity contribution in [1.82, 2.24) is 26.6 Å². The normalized spacial score (nSPS) is 12.8. The number of carboxylic acids is 1. The van der Waals surface area contributed by atoms with Gasteiger partial charge in [0.25, 0.3) is 0 Å². The molecule has 15 heteroatoms. The van der Waals surface area contributed by atoms with E-state index in [0.29, 0.717) is 0 Å². The average Bonchev–Trinajstić information content (AvgIpc) is 2.74. The van der Waals surface area contributed by atoms with Crippen molar-refractivity contribution >= 4 is 48.1 Å². The van der Waals surface area contributed by atoms with Crippen molar-refractivity contribution in [1.29, 1.82) is 0 Å². The van der Waals surface area contributed by atoms with Crippen LogP contribution in [0.4, 0.5) is 0 Å². The van der Waals surface area contributed by atoms with Crippen LogP contribution in [-0.4, -0.2) is 95.8 Å². The molecule has 9 N–H and O–H groups in total. The van der Waals surface area contributed by atoms with Gasteiger partial charge in [-0.2, -0.15) is 12.6 Å². The Kier molecular flexibility index (Phi) is 17.2. The van der Waals surface area contributed by atoms with Crippen LogP contribution in [0.2, 0.25) is 0 Å². The summed E-state index contributed by atoms with van der Waals surface area (Å²) in [4.78, 5) is 70.0. The van der Waals surface area contributed by atoms with Crippen LogP contribution in [0, 0.1) is 0 Å². The third-order valence-corrected chi connectivity index (χ3v) is 3.71. The molecule has 0 aliphatic heterocycles. The van der Waals surface area contributed by atoms with E-state index >= 15 is 0 Å². The van der Waals surface area contributed by atoms with Gasteiger partial charge in [0.05, 0.1) is 19.6 Å². The summed E-state index contributed by atoms with van der Waals surface area (Å²) >= 11 is 3.53. The molecule has 0 aliphatic carbocycles. The Balaban J connectivity index is 0. The molecule has 0 unspecified atom stereocenters. The van der Waals surface area contributed by atoms with Crippen LogP contribution in [0.5, 0.6) is 0 Å². The van der Waals surface area contributed by atoms with Gasteiger partial charge in [0.1, 0.15) is 24.7 Å². The minimum Gasteiger partial charge on any atom is -0.480 e. The summed E-state index contributed by atoms with van der Waals surface area (Å²) in [6.45, 7) is 3.35. The van der Waals surface area contributed by atoms with E-state index in [1.54, 1.807) is 6.26 Å². The van der Waals surface area contributed by atoms with E-state index in [-0.39, 0.29) is 12.6 Å². The molecule has 0 rings (SSSR count). The first-order chi connectivity index (χ1) is 15.4. The molecule has 0 spiro atoms. The summed E-state index contributed by atoms with van der Waals surface area (Å²) < 4.78 is 0. The maximum Gasteiger partial charge on any atom is 0.322 e. The molecule has 0 aliphatic rings. The molecule has 0 saturated carbocycles. The predicted molar refractivity (Wildman–Crippen MR) is 121 cm³/mol. The first-order valence-electron chi connectivity index (χ1n) is 9.84. The minimum atomic E-state index is -1.46. The first-order valence-corrected chi connectivity index (χ1v) is 10.7.